The molecule has 0 fully saturated rings. The van der Waals surface area contributed by atoms with Gasteiger partial charge in [-0.1, -0.05) is 0 Å². The summed E-state index contributed by atoms with van der Waals surface area (Å²) in [4.78, 5) is 8.73. The van der Waals surface area contributed by atoms with Gasteiger partial charge in [0.15, 0.2) is 0 Å². The number of pyridine rings is 1. The Labute approximate surface area is 113 Å². The van der Waals surface area contributed by atoms with Gasteiger partial charge >= 0.3 is 0 Å². The van der Waals surface area contributed by atoms with Crippen molar-refractivity contribution in [2.24, 2.45) is 0 Å². The van der Waals surface area contributed by atoms with Crippen LogP contribution in [0.3, 0.4) is 0 Å². The molecule has 0 aliphatic rings. The Balaban J connectivity index is 1.71. The number of halogens is 1. The molecule has 2 heterocycles. The van der Waals surface area contributed by atoms with E-state index in [0.717, 1.165) is 35.4 Å². The van der Waals surface area contributed by atoms with E-state index in [1.165, 1.54) is 5.01 Å². The SMILES string of the molecule is Cc1csc(CCNCc2ccc(Br)cn2)n1. The molecule has 0 unspecified atom stereocenters. The van der Waals surface area contributed by atoms with Crippen LogP contribution in [-0.2, 0) is 13.0 Å². The zero-order valence-corrected chi connectivity index (χ0v) is 12.0. The van der Waals surface area contributed by atoms with Crippen LogP contribution in [0.5, 0.6) is 0 Å². The second-order valence-electron chi connectivity index (χ2n) is 3.78. The van der Waals surface area contributed by atoms with Crippen LogP contribution in [-0.4, -0.2) is 16.5 Å². The Morgan fingerprint density at radius 2 is 2.29 bits per heavy atom. The summed E-state index contributed by atoms with van der Waals surface area (Å²) in [7, 11) is 0. The third kappa shape index (κ3) is 4.18. The van der Waals surface area contributed by atoms with Crippen molar-refractivity contribution in [3.05, 3.63) is 44.6 Å². The zero-order valence-electron chi connectivity index (χ0n) is 9.61. The van der Waals surface area contributed by atoms with E-state index in [1.807, 2.05) is 25.3 Å². The lowest BCUT2D eigenvalue weighted by Crippen LogP contribution is -2.17. The highest BCUT2D eigenvalue weighted by molar-refractivity contribution is 9.10. The number of hydrogen-bond acceptors (Lipinski definition) is 4. The molecule has 0 aliphatic heterocycles. The van der Waals surface area contributed by atoms with Crippen molar-refractivity contribution in [3.8, 4) is 0 Å². The van der Waals surface area contributed by atoms with Gasteiger partial charge in [0.2, 0.25) is 0 Å². The first-order chi connectivity index (χ1) is 8.24. The normalized spacial score (nSPS) is 10.7. The molecule has 0 bridgehead atoms. The molecule has 0 saturated carbocycles. The Morgan fingerprint density at radius 1 is 1.41 bits per heavy atom. The topological polar surface area (TPSA) is 37.8 Å². The molecule has 0 amide bonds. The average molecular weight is 312 g/mol. The molecule has 0 aromatic carbocycles. The predicted molar refractivity (Wildman–Crippen MR) is 74.2 cm³/mol. The number of rotatable bonds is 5. The Morgan fingerprint density at radius 3 is 2.94 bits per heavy atom. The van der Waals surface area contributed by atoms with Gasteiger partial charge in [-0.25, -0.2) is 4.98 Å². The monoisotopic (exact) mass is 311 g/mol. The number of aryl methyl sites for hydroxylation is 1. The van der Waals surface area contributed by atoms with Crippen LogP contribution < -0.4 is 5.32 Å². The molecule has 0 atom stereocenters. The van der Waals surface area contributed by atoms with Crippen LogP contribution in [0.4, 0.5) is 0 Å². The van der Waals surface area contributed by atoms with Gasteiger partial charge in [-0.2, -0.15) is 0 Å². The number of nitrogens with one attached hydrogen (secondary N) is 1. The Bertz CT molecular complexity index is 467. The van der Waals surface area contributed by atoms with Crippen molar-refractivity contribution in [1.29, 1.82) is 0 Å². The molecular formula is C12H14BrN3S. The maximum atomic E-state index is 4.42. The summed E-state index contributed by atoms with van der Waals surface area (Å²) >= 11 is 5.10. The van der Waals surface area contributed by atoms with Gasteiger partial charge in [-0.15, -0.1) is 11.3 Å². The molecule has 0 aliphatic carbocycles. The number of aromatic nitrogens is 2. The van der Waals surface area contributed by atoms with Crippen LogP contribution in [0.15, 0.2) is 28.2 Å². The van der Waals surface area contributed by atoms with Gasteiger partial charge < -0.3 is 5.32 Å². The van der Waals surface area contributed by atoms with Gasteiger partial charge in [0.05, 0.1) is 10.7 Å². The molecule has 0 spiro atoms. The largest absolute Gasteiger partial charge is 0.311 e. The molecule has 2 rings (SSSR count). The van der Waals surface area contributed by atoms with Gasteiger partial charge in [0.25, 0.3) is 0 Å². The van der Waals surface area contributed by atoms with Crippen molar-refractivity contribution in [1.82, 2.24) is 15.3 Å². The van der Waals surface area contributed by atoms with E-state index < -0.39 is 0 Å². The van der Waals surface area contributed by atoms with Gasteiger partial charge in [-0.3, -0.25) is 4.98 Å². The fourth-order valence-corrected chi connectivity index (χ4v) is 2.45. The lowest BCUT2D eigenvalue weighted by molar-refractivity contribution is 0.672. The maximum Gasteiger partial charge on any atom is 0.0940 e. The maximum absolute atomic E-state index is 4.42. The summed E-state index contributed by atoms with van der Waals surface area (Å²) in [6.45, 7) is 3.77. The summed E-state index contributed by atoms with van der Waals surface area (Å²) in [6.07, 6.45) is 2.80. The fourth-order valence-electron chi connectivity index (χ4n) is 1.44. The fraction of sp³-hybridized carbons (Fsp3) is 0.333. The average Bonchev–Trinajstić information content (AvgIpc) is 2.73. The second-order valence-corrected chi connectivity index (χ2v) is 5.64. The van der Waals surface area contributed by atoms with E-state index in [9.17, 15) is 0 Å². The smallest absolute Gasteiger partial charge is 0.0940 e. The van der Waals surface area contributed by atoms with Crippen molar-refractivity contribution >= 4 is 27.3 Å². The van der Waals surface area contributed by atoms with Crippen LogP contribution in [0.25, 0.3) is 0 Å². The van der Waals surface area contributed by atoms with Crippen LogP contribution in [0.1, 0.15) is 16.4 Å². The molecule has 3 nitrogen and oxygen atoms in total. The molecule has 5 heteroatoms. The summed E-state index contributed by atoms with van der Waals surface area (Å²) in [5, 5.41) is 6.65. The quantitative estimate of drug-likeness (QED) is 0.863. The molecule has 90 valence electrons. The highest BCUT2D eigenvalue weighted by Crippen LogP contribution is 2.09. The van der Waals surface area contributed by atoms with Crippen molar-refractivity contribution in [2.45, 2.75) is 19.9 Å². The van der Waals surface area contributed by atoms with E-state index in [1.54, 1.807) is 11.3 Å². The third-order valence-corrected chi connectivity index (χ3v) is 3.77. The minimum Gasteiger partial charge on any atom is -0.311 e. The lowest BCUT2D eigenvalue weighted by Gasteiger charge is -2.02. The van der Waals surface area contributed by atoms with Crippen LogP contribution in [0.2, 0.25) is 0 Å². The van der Waals surface area contributed by atoms with E-state index in [0.29, 0.717) is 0 Å². The van der Waals surface area contributed by atoms with Crippen molar-refractivity contribution < 1.29 is 0 Å². The molecule has 1 N–H and O–H groups in total. The third-order valence-electron chi connectivity index (χ3n) is 2.28. The van der Waals surface area contributed by atoms with E-state index >= 15 is 0 Å². The first-order valence-electron chi connectivity index (χ1n) is 5.46. The molecular weight excluding hydrogens is 298 g/mol. The zero-order chi connectivity index (χ0) is 12.1. The molecule has 17 heavy (non-hydrogen) atoms. The Kier molecular flexibility index (Phi) is 4.65. The van der Waals surface area contributed by atoms with E-state index in [-0.39, 0.29) is 0 Å². The van der Waals surface area contributed by atoms with E-state index in [4.69, 9.17) is 0 Å². The van der Waals surface area contributed by atoms with Gasteiger partial charge in [0, 0.05) is 41.3 Å². The Hall–Kier alpha value is -0.780. The van der Waals surface area contributed by atoms with Crippen molar-refractivity contribution in [2.75, 3.05) is 6.54 Å². The number of thiazole rings is 1. The number of nitrogens with zero attached hydrogens (tertiary/aromatic N) is 2. The molecule has 0 radical (unpaired) electrons. The summed E-state index contributed by atoms with van der Waals surface area (Å²) < 4.78 is 1.01. The second kappa shape index (κ2) is 6.23. The molecule has 2 aromatic heterocycles. The first-order valence-corrected chi connectivity index (χ1v) is 7.13. The minimum absolute atomic E-state index is 0.803. The summed E-state index contributed by atoms with van der Waals surface area (Å²) in [6, 6.07) is 4.03. The van der Waals surface area contributed by atoms with Crippen LogP contribution >= 0.6 is 27.3 Å². The van der Waals surface area contributed by atoms with Gasteiger partial charge in [-0.05, 0) is 35.0 Å². The van der Waals surface area contributed by atoms with Gasteiger partial charge in [0.1, 0.15) is 0 Å². The minimum atomic E-state index is 0.803. The number of hydrogen-bond donors (Lipinski definition) is 1. The lowest BCUT2D eigenvalue weighted by atomic mass is 10.3. The first kappa shape index (κ1) is 12.7. The summed E-state index contributed by atoms with van der Waals surface area (Å²) in [5.41, 5.74) is 2.17. The highest BCUT2D eigenvalue weighted by Gasteiger charge is 1.98. The standard InChI is InChI=1S/C12H14BrN3S/c1-9-8-17-12(16-9)4-5-14-7-11-3-2-10(13)6-15-11/h2-3,6,8,14H,4-5,7H2,1H3. The summed E-state index contributed by atoms with van der Waals surface area (Å²) in [5.74, 6) is 0. The van der Waals surface area contributed by atoms with Crippen molar-refractivity contribution in [3.63, 3.8) is 0 Å². The predicted octanol–water partition coefficient (Wildman–Crippen LogP) is 2.94. The van der Waals surface area contributed by atoms with E-state index in [2.05, 4.69) is 36.6 Å². The highest BCUT2D eigenvalue weighted by atomic mass is 79.9. The molecule has 2 aromatic rings. The van der Waals surface area contributed by atoms with Crippen LogP contribution in [0, 0.1) is 6.92 Å². The molecule has 0 saturated heterocycles.